The van der Waals surface area contributed by atoms with Crippen molar-refractivity contribution in [3.63, 3.8) is 0 Å². The van der Waals surface area contributed by atoms with Crippen LogP contribution in [0.2, 0.25) is 0 Å². The van der Waals surface area contributed by atoms with Gasteiger partial charge in [-0.15, -0.1) is 0 Å². The molecule has 1 fully saturated rings. The second kappa shape index (κ2) is 5.26. The van der Waals surface area contributed by atoms with Crippen molar-refractivity contribution in [3.05, 3.63) is 35.5 Å². The Balaban J connectivity index is 2.06. The molecule has 1 aliphatic heterocycles. The van der Waals surface area contributed by atoms with E-state index in [0.29, 0.717) is 12.8 Å². The Kier molecular flexibility index (Phi) is 2.18. The molecule has 2 atom stereocenters. The number of aliphatic hydroxyl groups is 1. The first-order chi connectivity index (χ1) is 12.4. The number of likely N-dealkylation sites (N-methyl/N-ethyl adjacent to an activating group) is 1. The highest BCUT2D eigenvalue weighted by molar-refractivity contribution is 5.49. The molecule has 0 amide bonds. The zero-order chi connectivity index (χ0) is 20.0. The molecule has 21 heavy (non-hydrogen) atoms. The molecule has 0 aromatic heterocycles. The van der Waals surface area contributed by atoms with Crippen LogP contribution in [0.25, 0.3) is 0 Å². The van der Waals surface area contributed by atoms with Gasteiger partial charge in [0.2, 0.25) is 0 Å². The minimum atomic E-state index is -2.74. The number of allylic oxidation sites excluding steroid dienone is 1. The monoisotopic (exact) mass is 295 g/mol. The van der Waals surface area contributed by atoms with Gasteiger partial charge >= 0.3 is 0 Å². The van der Waals surface area contributed by atoms with Crippen molar-refractivity contribution >= 4 is 0 Å². The minimum absolute atomic E-state index is 0.127. The SMILES string of the molecule is [2H]C([2H])([2H])Oc1ccc([C@@]23CC[C@@H](O)C=C2N(C)CC3)cc1OC([2H])([2H])[2H]. The smallest absolute Gasteiger partial charge is 0.161 e. The van der Waals surface area contributed by atoms with E-state index in [0.717, 1.165) is 24.2 Å². The Bertz CT molecular complexity index is 745. The Morgan fingerprint density at radius 3 is 2.90 bits per heavy atom. The molecule has 0 unspecified atom stereocenters. The summed E-state index contributed by atoms with van der Waals surface area (Å²) in [7, 11) is -3.51. The molecule has 2 aliphatic rings. The molecule has 3 rings (SSSR count). The summed E-state index contributed by atoms with van der Waals surface area (Å²) in [6, 6.07) is 4.74. The fourth-order valence-corrected chi connectivity index (χ4v) is 3.58. The van der Waals surface area contributed by atoms with Crippen LogP contribution in [-0.4, -0.2) is 43.8 Å². The molecule has 0 saturated carbocycles. The molecular formula is C17H23NO3. The molecule has 4 heteroatoms. The standard InChI is InChI=1S/C17H23NO3/c1-18-9-8-17(7-6-13(19)11-16(17)18)12-4-5-14(20-2)15(10-12)21-3/h4-5,10-11,13,19H,6-9H2,1-3H3/t13-,17+/m1/s1/i2D3,3D3. The van der Waals surface area contributed by atoms with Gasteiger partial charge in [-0.2, -0.15) is 0 Å². The first kappa shape index (κ1) is 8.69. The quantitative estimate of drug-likeness (QED) is 0.929. The summed E-state index contributed by atoms with van der Waals surface area (Å²) in [4.78, 5) is 2.08. The first-order valence-corrected chi connectivity index (χ1v) is 7.04. The lowest BCUT2D eigenvalue weighted by Gasteiger charge is -2.37. The predicted molar refractivity (Wildman–Crippen MR) is 81.8 cm³/mol. The lowest BCUT2D eigenvalue weighted by Crippen LogP contribution is -2.33. The Labute approximate surface area is 134 Å². The lowest BCUT2D eigenvalue weighted by atomic mass is 9.70. The van der Waals surface area contributed by atoms with Crippen molar-refractivity contribution < 1.29 is 22.8 Å². The van der Waals surface area contributed by atoms with Gasteiger partial charge in [-0.3, -0.25) is 0 Å². The zero-order valence-corrected chi connectivity index (χ0v) is 11.9. The maximum Gasteiger partial charge on any atom is 0.161 e. The summed E-state index contributed by atoms with van der Waals surface area (Å²) in [6.07, 6.45) is 3.45. The van der Waals surface area contributed by atoms with E-state index < -0.39 is 20.2 Å². The van der Waals surface area contributed by atoms with Crippen molar-refractivity contribution in [2.24, 2.45) is 0 Å². The number of fused-ring (bicyclic) bond motifs is 1. The second-order valence-corrected chi connectivity index (χ2v) is 5.78. The third-order valence-electron chi connectivity index (χ3n) is 4.71. The normalized spacial score (nSPS) is 33.5. The molecule has 0 spiro atoms. The number of likely N-dealkylation sites (tertiary alicyclic amines) is 1. The molecular weight excluding hydrogens is 266 g/mol. The molecule has 1 aromatic rings. The van der Waals surface area contributed by atoms with Crippen molar-refractivity contribution in [3.8, 4) is 11.5 Å². The molecule has 114 valence electrons. The molecule has 1 saturated heterocycles. The predicted octanol–water partition coefficient (Wildman–Crippen LogP) is 2.32. The van der Waals surface area contributed by atoms with Crippen LogP contribution in [0, 0.1) is 0 Å². The number of aliphatic hydroxyl groups excluding tert-OH is 1. The number of hydrogen-bond acceptors (Lipinski definition) is 4. The number of benzene rings is 1. The van der Waals surface area contributed by atoms with Crippen LogP contribution in [0.1, 0.15) is 33.1 Å². The average molecular weight is 295 g/mol. The van der Waals surface area contributed by atoms with Gasteiger partial charge in [0.15, 0.2) is 11.5 Å². The number of methoxy groups -OCH3 is 2. The third kappa shape index (κ3) is 2.18. The zero-order valence-electron chi connectivity index (χ0n) is 17.9. The number of ether oxygens (including phenoxy) is 2. The Morgan fingerprint density at radius 1 is 1.29 bits per heavy atom. The van der Waals surface area contributed by atoms with Gasteiger partial charge in [-0.1, -0.05) is 6.07 Å². The molecule has 1 aromatic carbocycles. The fraction of sp³-hybridized carbons (Fsp3) is 0.529. The van der Waals surface area contributed by atoms with E-state index in [1.165, 1.54) is 6.07 Å². The minimum Gasteiger partial charge on any atom is -0.493 e. The molecule has 1 aliphatic carbocycles. The third-order valence-corrected chi connectivity index (χ3v) is 4.71. The van der Waals surface area contributed by atoms with Gasteiger partial charge in [0, 0.05) is 24.7 Å². The van der Waals surface area contributed by atoms with Crippen molar-refractivity contribution in [1.29, 1.82) is 0 Å². The van der Waals surface area contributed by atoms with E-state index in [1.807, 2.05) is 13.1 Å². The summed E-state index contributed by atoms with van der Waals surface area (Å²) in [6.45, 7) is 0.807. The highest BCUT2D eigenvalue weighted by atomic mass is 16.5. The van der Waals surface area contributed by atoms with Gasteiger partial charge in [-0.25, -0.2) is 0 Å². The molecule has 0 radical (unpaired) electrons. The van der Waals surface area contributed by atoms with Crippen molar-refractivity contribution in [2.45, 2.75) is 30.8 Å². The fourth-order valence-electron chi connectivity index (χ4n) is 3.58. The van der Waals surface area contributed by atoms with Gasteiger partial charge in [0.25, 0.3) is 0 Å². The van der Waals surface area contributed by atoms with Crippen LogP contribution in [-0.2, 0) is 5.41 Å². The summed E-state index contributed by atoms with van der Waals surface area (Å²) >= 11 is 0. The van der Waals surface area contributed by atoms with Crippen LogP contribution in [0.4, 0.5) is 0 Å². The Morgan fingerprint density at radius 2 is 2.10 bits per heavy atom. The van der Waals surface area contributed by atoms with Crippen LogP contribution in [0.15, 0.2) is 30.0 Å². The van der Waals surface area contributed by atoms with Gasteiger partial charge in [-0.05, 0) is 43.0 Å². The largest absolute Gasteiger partial charge is 0.493 e. The highest BCUT2D eigenvalue weighted by Gasteiger charge is 2.45. The lowest BCUT2D eigenvalue weighted by molar-refractivity contribution is 0.181. The van der Waals surface area contributed by atoms with E-state index >= 15 is 0 Å². The van der Waals surface area contributed by atoms with Gasteiger partial charge in [0.1, 0.15) is 0 Å². The van der Waals surface area contributed by atoms with E-state index in [9.17, 15) is 5.11 Å². The van der Waals surface area contributed by atoms with E-state index in [2.05, 4.69) is 4.90 Å². The summed E-state index contributed by atoms with van der Waals surface area (Å²) in [5.41, 5.74) is 1.45. The maximum absolute atomic E-state index is 10.0. The van der Waals surface area contributed by atoms with E-state index in [4.69, 9.17) is 17.7 Å². The van der Waals surface area contributed by atoms with Gasteiger partial charge in [0.05, 0.1) is 28.4 Å². The van der Waals surface area contributed by atoms with E-state index in [-0.39, 0.29) is 16.9 Å². The summed E-state index contributed by atoms with van der Waals surface area (Å²) < 4.78 is 54.0. The highest BCUT2D eigenvalue weighted by Crippen LogP contribution is 2.50. The van der Waals surface area contributed by atoms with Crippen LogP contribution in [0.5, 0.6) is 11.5 Å². The number of rotatable bonds is 3. The maximum atomic E-state index is 10.0. The van der Waals surface area contributed by atoms with Crippen LogP contribution < -0.4 is 9.47 Å². The van der Waals surface area contributed by atoms with Crippen LogP contribution >= 0.6 is 0 Å². The topological polar surface area (TPSA) is 41.9 Å². The number of nitrogens with zero attached hydrogens (tertiary/aromatic N) is 1. The molecule has 4 nitrogen and oxygen atoms in total. The van der Waals surface area contributed by atoms with Gasteiger partial charge < -0.3 is 19.5 Å². The Hall–Kier alpha value is -1.68. The summed E-state index contributed by atoms with van der Waals surface area (Å²) in [5, 5.41) is 10.0. The molecule has 1 heterocycles. The van der Waals surface area contributed by atoms with Crippen molar-refractivity contribution in [1.82, 2.24) is 4.90 Å². The molecule has 1 N–H and O–H groups in total. The van der Waals surface area contributed by atoms with E-state index in [1.54, 1.807) is 12.1 Å². The summed E-state index contributed by atoms with van der Waals surface area (Å²) in [5.74, 6) is -0.267. The average Bonchev–Trinajstić information content (AvgIpc) is 2.84. The first-order valence-electron chi connectivity index (χ1n) is 10.0. The van der Waals surface area contributed by atoms with Crippen LogP contribution in [0.3, 0.4) is 0 Å². The van der Waals surface area contributed by atoms with Crippen molar-refractivity contribution in [2.75, 3.05) is 27.7 Å². The second-order valence-electron chi connectivity index (χ2n) is 5.78. The molecule has 0 bridgehead atoms. The number of hydrogen-bond donors (Lipinski definition) is 1.